The number of nitrogens with zero attached hydrogens (tertiary/aromatic N) is 2. The number of furan rings is 1. The van der Waals surface area contributed by atoms with Gasteiger partial charge in [-0.3, -0.25) is 0 Å². The molecule has 3 heteroatoms. The van der Waals surface area contributed by atoms with Crippen LogP contribution in [0.4, 0.5) is 0 Å². The summed E-state index contributed by atoms with van der Waals surface area (Å²) in [5, 5.41) is 10.7. The summed E-state index contributed by atoms with van der Waals surface area (Å²) >= 11 is 0. The minimum absolute atomic E-state index is 0.869. The Hall–Kier alpha value is -6.84. The van der Waals surface area contributed by atoms with Gasteiger partial charge in [-0.15, -0.1) is 0 Å². The maximum absolute atomic E-state index is 6.45. The molecule has 8 aromatic carbocycles. The number of rotatable bonds is 4. The van der Waals surface area contributed by atoms with Gasteiger partial charge in [-0.05, 0) is 73.8 Å². The van der Waals surface area contributed by atoms with Crippen molar-refractivity contribution in [2.75, 3.05) is 0 Å². The first-order valence-electron chi connectivity index (χ1n) is 17.3. The number of benzene rings is 8. The smallest absolute Gasteiger partial charge is 0.147 e. The van der Waals surface area contributed by atoms with Crippen LogP contribution in [0.1, 0.15) is 0 Å². The predicted molar refractivity (Wildman–Crippen MR) is 212 cm³/mol. The van der Waals surface area contributed by atoms with Gasteiger partial charge in [0.25, 0.3) is 0 Å². The second-order valence-corrected chi connectivity index (χ2v) is 13.3. The first-order valence-corrected chi connectivity index (χ1v) is 17.3. The van der Waals surface area contributed by atoms with Gasteiger partial charge in [0.15, 0.2) is 0 Å². The van der Waals surface area contributed by atoms with Crippen molar-refractivity contribution >= 4 is 65.2 Å². The number of hydrogen-bond acceptors (Lipinski definition) is 3. The van der Waals surface area contributed by atoms with Crippen molar-refractivity contribution in [2.24, 2.45) is 0 Å². The lowest BCUT2D eigenvalue weighted by Gasteiger charge is -2.15. The molecule has 0 radical (unpaired) electrons. The predicted octanol–water partition coefficient (Wildman–Crippen LogP) is 13.1. The zero-order valence-corrected chi connectivity index (χ0v) is 27.5. The third-order valence-electron chi connectivity index (χ3n) is 10.4. The van der Waals surface area contributed by atoms with Crippen LogP contribution in [0.15, 0.2) is 174 Å². The van der Waals surface area contributed by atoms with E-state index in [4.69, 9.17) is 14.4 Å². The zero-order valence-electron chi connectivity index (χ0n) is 27.5. The van der Waals surface area contributed by atoms with Crippen molar-refractivity contribution in [3.05, 3.63) is 170 Å². The van der Waals surface area contributed by atoms with Gasteiger partial charge in [-0.2, -0.15) is 0 Å². The lowest BCUT2D eigenvalue weighted by atomic mass is 9.90. The summed E-state index contributed by atoms with van der Waals surface area (Å²) in [4.78, 5) is 10.5. The fourth-order valence-electron chi connectivity index (χ4n) is 7.99. The summed E-state index contributed by atoms with van der Waals surface area (Å²) in [6.45, 7) is 0. The molecule has 3 aromatic heterocycles. The highest BCUT2D eigenvalue weighted by molar-refractivity contribution is 6.25. The van der Waals surface area contributed by atoms with Gasteiger partial charge in [-0.1, -0.05) is 140 Å². The van der Waals surface area contributed by atoms with E-state index in [0.29, 0.717) is 0 Å². The molecule has 0 saturated heterocycles. The minimum atomic E-state index is 0.869. The first kappa shape index (κ1) is 28.0. The number of fused-ring (bicyclic) bond motifs is 5. The summed E-state index contributed by atoms with van der Waals surface area (Å²) in [5.74, 6) is 0. The van der Waals surface area contributed by atoms with Crippen LogP contribution in [0.25, 0.3) is 110 Å². The SMILES string of the molecule is c1ccc(-c2cc(-c3ccc(-c4nc5ccccc5c5oc6ccccc6c45)cc3)cc(-c3ccc4ccc5cccc6ccc3c4c56)n2)cc1. The Bertz CT molecular complexity index is 3110. The van der Waals surface area contributed by atoms with Gasteiger partial charge in [0.1, 0.15) is 11.2 Å². The van der Waals surface area contributed by atoms with Crippen LogP contribution in [0, 0.1) is 0 Å². The number of hydrogen-bond donors (Lipinski definition) is 0. The van der Waals surface area contributed by atoms with E-state index >= 15 is 0 Å². The second-order valence-electron chi connectivity index (χ2n) is 13.3. The van der Waals surface area contributed by atoms with Gasteiger partial charge in [-0.25, -0.2) is 9.97 Å². The largest absolute Gasteiger partial charge is 0.455 e. The Morgan fingerprint density at radius 1 is 0.373 bits per heavy atom. The number of para-hydroxylation sites is 2. The van der Waals surface area contributed by atoms with Gasteiger partial charge >= 0.3 is 0 Å². The van der Waals surface area contributed by atoms with Crippen LogP contribution < -0.4 is 0 Å². The Balaban J connectivity index is 1.10. The Morgan fingerprint density at radius 2 is 1.04 bits per heavy atom. The van der Waals surface area contributed by atoms with Gasteiger partial charge in [0, 0.05) is 27.5 Å². The first-order chi connectivity index (χ1) is 25.3. The highest BCUT2D eigenvalue weighted by Crippen LogP contribution is 2.42. The van der Waals surface area contributed by atoms with Crippen molar-refractivity contribution in [3.8, 4) is 44.9 Å². The molecule has 0 spiro atoms. The molecule has 0 N–H and O–H groups in total. The average molecular weight is 649 g/mol. The molecular formula is C48H28N2O. The highest BCUT2D eigenvalue weighted by Gasteiger charge is 2.19. The van der Waals surface area contributed by atoms with E-state index in [9.17, 15) is 0 Å². The standard InChI is InChI=1S/C48H28N2O/c1-2-9-30(10-3-1)41-27-35(28-42(49-41)36-25-23-33-20-19-31-11-8-12-32-24-26-37(36)45(33)44(31)32)29-17-21-34(22-18-29)47-46-39-14-5-7-16-43(39)51-48(46)38-13-4-6-15-40(38)50-47/h1-28H. The Labute approximate surface area is 293 Å². The molecule has 0 saturated carbocycles. The van der Waals surface area contributed by atoms with Gasteiger partial charge in [0.2, 0.25) is 0 Å². The molecule has 11 rings (SSSR count). The number of pyridine rings is 2. The summed E-state index contributed by atoms with van der Waals surface area (Å²) < 4.78 is 6.45. The quantitative estimate of drug-likeness (QED) is 0.178. The van der Waals surface area contributed by atoms with Crippen molar-refractivity contribution < 1.29 is 4.42 Å². The number of aromatic nitrogens is 2. The third kappa shape index (κ3) is 4.32. The van der Waals surface area contributed by atoms with Crippen molar-refractivity contribution in [1.29, 1.82) is 0 Å². The van der Waals surface area contributed by atoms with E-state index in [1.807, 2.05) is 24.3 Å². The van der Waals surface area contributed by atoms with E-state index in [1.165, 1.54) is 32.3 Å². The molecule has 0 aliphatic heterocycles. The Kier molecular flexibility index (Phi) is 5.96. The van der Waals surface area contributed by atoms with Crippen molar-refractivity contribution in [3.63, 3.8) is 0 Å². The van der Waals surface area contributed by atoms with Crippen LogP contribution in [-0.4, -0.2) is 9.97 Å². The lowest BCUT2D eigenvalue weighted by Crippen LogP contribution is -1.93. The van der Waals surface area contributed by atoms with Crippen LogP contribution in [-0.2, 0) is 0 Å². The summed E-state index contributed by atoms with van der Waals surface area (Å²) in [6, 6.07) is 60.2. The Morgan fingerprint density at radius 3 is 1.88 bits per heavy atom. The van der Waals surface area contributed by atoms with Gasteiger partial charge in [0.05, 0.1) is 28.0 Å². The molecule has 0 unspecified atom stereocenters. The van der Waals surface area contributed by atoms with Crippen LogP contribution in [0.5, 0.6) is 0 Å². The van der Waals surface area contributed by atoms with E-state index < -0.39 is 0 Å². The summed E-state index contributed by atoms with van der Waals surface area (Å²) in [5.41, 5.74) is 11.0. The fourth-order valence-corrected chi connectivity index (χ4v) is 7.99. The molecule has 0 bridgehead atoms. The molecule has 0 aliphatic carbocycles. The molecule has 51 heavy (non-hydrogen) atoms. The lowest BCUT2D eigenvalue weighted by molar-refractivity contribution is 0.672. The molecule has 3 heterocycles. The van der Waals surface area contributed by atoms with Crippen LogP contribution >= 0.6 is 0 Å². The summed E-state index contributed by atoms with van der Waals surface area (Å²) in [7, 11) is 0. The molecule has 3 nitrogen and oxygen atoms in total. The van der Waals surface area contributed by atoms with Crippen molar-refractivity contribution in [1.82, 2.24) is 9.97 Å². The minimum Gasteiger partial charge on any atom is -0.455 e. The summed E-state index contributed by atoms with van der Waals surface area (Å²) in [6.07, 6.45) is 0. The maximum Gasteiger partial charge on any atom is 0.147 e. The highest BCUT2D eigenvalue weighted by atomic mass is 16.3. The molecular weight excluding hydrogens is 621 g/mol. The second kappa shape index (κ2) is 10.8. The van der Waals surface area contributed by atoms with E-state index in [0.717, 1.165) is 77.7 Å². The molecule has 0 fully saturated rings. The maximum atomic E-state index is 6.45. The monoisotopic (exact) mass is 648 g/mol. The van der Waals surface area contributed by atoms with Crippen molar-refractivity contribution in [2.45, 2.75) is 0 Å². The zero-order chi connectivity index (χ0) is 33.5. The topological polar surface area (TPSA) is 38.9 Å². The third-order valence-corrected chi connectivity index (χ3v) is 10.4. The normalized spacial score (nSPS) is 11.9. The van der Waals surface area contributed by atoms with Crippen LogP contribution in [0.3, 0.4) is 0 Å². The molecule has 236 valence electrons. The fraction of sp³-hybridized carbons (Fsp3) is 0. The molecule has 0 amide bonds. The van der Waals surface area contributed by atoms with Gasteiger partial charge < -0.3 is 4.42 Å². The van der Waals surface area contributed by atoms with E-state index in [-0.39, 0.29) is 0 Å². The molecule has 0 aliphatic rings. The molecule has 0 atom stereocenters. The average Bonchev–Trinajstić information content (AvgIpc) is 3.60. The molecule has 11 aromatic rings. The van der Waals surface area contributed by atoms with E-state index in [1.54, 1.807) is 0 Å². The van der Waals surface area contributed by atoms with Crippen LogP contribution in [0.2, 0.25) is 0 Å². The van der Waals surface area contributed by atoms with E-state index in [2.05, 4.69) is 146 Å².